The van der Waals surface area contributed by atoms with E-state index in [1.807, 2.05) is 31.2 Å². The Balaban J connectivity index is 2.03. The highest BCUT2D eigenvalue weighted by atomic mass is 79.9. The van der Waals surface area contributed by atoms with E-state index >= 15 is 0 Å². The second kappa shape index (κ2) is 10.6. The van der Waals surface area contributed by atoms with Gasteiger partial charge < -0.3 is 9.47 Å². The number of benzene rings is 2. The molecule has 1 N–H and O–H groups in total. The molecule has 0 unspecified atom stereocenters. The molecule has 0 saturated carbocycles. The van der Waals surface area contributed by atoms with E-state index in [1.165, 1.54) is 6.21 Å². The van der Waals surface area contributed by atoms with Gasteiger partial charge in [0.15, 0.2) is 11.5 Å². The molecule has 0 aliphatic rings. The van der Waals surface area contributed by atoms with Crippen molar-refractivity contribution >= 4 is 39.7 Å². The molecule has 0 heterocycles. The number of carbonyl (C=O) groups is 1. The number of hydrogen-bond donors (Lipinski definition) is 1. The van der Waals surface area contributed by atoms with Crippen molar-refractivity contribution in [2.45, 2.75) is 13.3 Å². The third kappa shape index (κ3) is 6.63. The SMILES string of the molecule is C#CCOc1c(Cl)cc(/C=N\NC(=O)Cc2ccc(Br)cc2)cc1OCC. The van der Waals surface area contributed by atoms with Gasteiger partial charge in [-0.15, -0.1) is 6.42 Å². The van der Waals surface area contributed by atoms with E-state index in [2.05, 4.69) is 32.4 Å². The van der Waals surface area contributed by atoms with Crippen molar-refractivity contribution in [2.24, 2.45) is 5.10 Å². The molecule has 0 fully saturated rings. The molecule has 0 saturated heterocycles. The molecule has 5 nitrogen and oxygen atoms in total. The highest BCUT2D eigenvalue weighted by molar-refractivity contribution is 9.10. The Morgan fingerprint density at radius 1 is 1.33 bits per heavy atom. The lowest BCUT2D eigenvalue weighted by Gasteiger charge is -2.12. The van der Waals surface area contributed by atoms with E-state index in [-0.39, 0.29) is 18.9 Å². The van der Waals surface area contributed by atoms with E-state index in [0.717, 1.165) is 10.0 Å². The van der Waals surface area contributed by atoms with Crippen molar-refractivity contribution in [2.75, 3.05) is 13.2 Å². The Morgan fingerprint density at radius 3 is 2.74 bits per heavy atom. The largest absolute Gasteiger partial charge is 0.490 e. The summed E-state index contributed by atoms with van der Waals surface area (Å²) in [6.07, 6.45) is 6.93. The Morgan fingerprint density at radius 2 is 2.07 bits per heavy atom. The summed E-state index contributed by atoms with van der Waals surface area (Å²) >= 11 is 9.60. The Labute approximate surface area is 171 Å². The minimum atomic E-state index is -0.223. The fourth-order valence-electron chi connectivity index (χ4n) is 2.19. The molecule has 0 aliphatic carbocycles. The quantitative estimate of drug-likeness (QED) is 0.373. The fourth-order valence-corrected chi connectivity index (χ4v) is 2.72. The van der Waals surface area contributed by atoms with E-state index in [0.29, 0.717) is 28.7 Å². The van der Waals surface area contributed by atoms with Crippen LogP contribution in [0.15, 0.2) is 46.0 Å². The molecule has 7 heteroatoms. The fraction of sp³-hybridized carbons (Fsp3) is 0.200. The van der Waals surface area contributed by atoms with Gasteiger partial charge in [0, 0.05) is 4.47 Å². The van der Waals surface area contributed by atoms with Gasteiger partial charge in [-0.25, -0.2) is 5.43 Å². The van der Waals surface area contributed by atoms with Gasteiger partial charge in [0.2, 0.25) is 5.91 Å². The standard InChI is InChI=1S/C20H18BrClN2O3/c1-3-9-27-20-17(22)10-15(11-18(20)26-4-2)13-23-24-19(25)12-14-5-7-16(21)8-6-14/h1,5-8,10-11,13H,4,9,12H2,2H3,(H,24,25)/b23-13-. The summed E-state index contributed by atoms with van der Waals surface area (Å²) in [5.74, 6) is 3.00. The molecule has 0 radical (unpaired) electrons. The third-order valence-electron chi connectivity index (χ3n) is 3.31. The predicted molar refractivity (Wildman–Crippen MR) is 111 cm³/mol. The summed E-state index contributed by atoms with van der Waals surface area (Å²) in [4.78, 5) is 12.0. The molecular weight excluding hydrogens is 432 g/mol. The normalized spacial score (nSPS) is 10.4. The summed E-state index contributed by atoms with van der Waals surface area (Å²) in [6, 6.07) is 10.9. The van der Waals surface area contributed by atoms with Gasteiger partial charge in [0.25, 0.3) is 0 Å². The van der Waals surface area contributed by atoms with E-state index < -0.39 is 0 Å². The molecule has 27 heavy (non-hydrogen) atoms. The van der Waals surface area contributed by atoms with Crippen molar-refractivity contribution in [3.63, 3.8) is 0 Å². The van der Waals surface area contributed by atoms with Crippen LogP contribution in [0.4, 0.5) is 0 Å². The van der Waals surface area contributed by atoms with Crippen molar-refractivity contribution in [1.29, 1.82) is 0 Å². The van der Waals surface area contributed by atoms with Crippen LogP contribution >= 0.6 is 27.5 Å². The lowest BCUT2D eigenvalue weighted by Crippen LogP contribution is -2.19. The summed E-state index contributed by atoms with van der Waals surface area (Å²) in [5.41, 5.74) is 4.04. The number of amides is 1. The second-order valence-electron chi connectivity index (χ2n) is 5.35. The zero-order valence-corrected chi connectivity index (χ0v) is 17.0. The van der Waals surface area contributed by atoms with Gasteiger partial charge in [-0.1, -0.05) is 45.6 Å². The van der Waals surface area contributed by atoms with E-state index in [1.54, 1.807) is 12.1 Å². The molecule has 0 spiro atoms. The molecule has 1 amide bonds. The van der Waals surface area contributed by atoms with Crippen molar-refractivity contribution in [3.05, 3.63) is 57.0 Å². The number of hydrazone groups is 1. The van der Waals surface area contributed by atoms with Crippen LogP contribution in [0.3, 0.4) is 0 Å². The van der Waals surface area contributed by atoms with Gasteiger partial charge >= 0.3 is 0 Å². The zero-order chi connectivity index (χ0) is 19.6. The van der Waals surface area contributed by atoms with Gasteiger partial charge in [0.1, 0.15) is 6.61 Å². The first-order valence-electron chi connectivity index (χ1n) is 8.12. The maximum Gasteiger partial charge on any atom is 0.244 e. The maximum atomic E-state index is 12.0. The second-order valence-corrected chi connectivity index (χ2v) is 6.68. The number of carbonyl (C=O) groups excluding carboxylic acids is 1. The smallest absolute Gasteiger partial charge is 0.244 e. The van der Waals surface area contributed by atoms with Gasteiger partial charge in [-0.3, -0.25) is 4.79 Å². The first-order chi connectivity index (χ1) is 13.0. The number of nitrogens with zero attached hydrogens (tertiary/aromatic N) is 1. The first-order valence-corrected chi connectivity index (χ1v) is 9.29. The molecule has 0 aromatic heterocycles. The monoisotopic (exact) mass is 448 g/mol. The molecular formula is C20H18BrClN2O3. The Hall–Kier alpha value is -2.49. The van der Waals surface area contributed by atoms with Crippen LogP contribution in [0.25, 0.3) is 0 Å². The number of hydrogen-bond acceptors (Lipinski definition) is 4. The minimum Gasteiger partial charge on any atom is -0.490 e. The van der Waals surface area contributed by atoms with Crippen LogP contribution in [-0.4, -0.2) is 25.3 Å². The molecule has 0 bridgehead atoms. The predicted octanol–water partition coefficient (Wildman–Crippen LogP) is 4.21. The highest BCUT2D eigenvalue weighted by Crippen LogP contribution is 2.36. The van der Waals surface area contributed by atoms with Crippen LogP contribution in [0.2, 0.25) is 5.02 Å². The van der Waals surface area contributed by atoms with Gasteiger partial charge in [-0.05, 0) is 42.3 Å². The number of halogens is 2. The first kappa shape index (κ1) is 20.8. The van der Waals surface area contributed by atoms with Crippen LogP contribution in [0, 0.1) is 12.3 Å². The average Bonchev–Trinajstić information content (AvgIpc) is 2.63. The number of rotatable bonds is 8. The minimum absolute atomic E-state index is 0.0827. The zero-order valence-electron chi connectivity index (χ0n) is 14.7. The number of ether oxygens (including phenoxy) is 2. The van der Waals surface area contributed by atoms with Gasteiger partial charge in [0.05, 0.1) is 24.3 Å². The van der Waals surface area contributed by atoms with Crippen molar-refractivity contribution in [1.82, 2.24) is 5.43 Å². The number of terminal acetylenes is 1. The summed E-state index contributed by atoms with van der Waals surface area (Å²) < 4.78 is 11.9. The molecule has 2 rings (SSSR count). The van der Waals surface area contributed by atoms with E-state index in [9.17, 15) is 4.79 Å². The summed E-state index contributed by atoms with van der Waals surface area (Å²) in [7, 11) is 0. The third-order valence-corrected chi connectivity index (χ3v) is 4.12. The molecule has 2 aromatic carbocycles. The van der Waals surface area contributed by atoms with Crippen LogP contribution in [0.5, 0.6) is 11.5 Å². The molecule has 140 valence electrons. The topological polar surface area (TPSA) is 59.9 Å². The summed E-state index contributed by atoms with van der Waals surface area (Å²) in [6.45, 7) is 2.37. The summed E-state index contributed by atoms with van der Waals surface area (Å²) in [5, 5.41) is 4.31. The van der Waals surface area contributed by atoms with Crippen molar-refractivity contribution in [3.8, 4) is 23.8 Å². The molecule has 2 aromatic rings. The van der Waals surface area contributed by atoms with Crippen LogP contribution in [0.1, 0.15) is 18.1 Å². The molecule has 0 aliphatic heterocycles. The van der Waals surface area contributed by atoms with Crippen LogP contribution < -0.4 is 14.9 Å². The average molecular weight is 450 g/mol. The lowest BCUT2D eigenvalue weighted by molar-refractivity contribution is -0.120. The Kier molecular flexibility index (Phi) is 8.18. The Bertz CT molecular complexity index is 861. The molecule has 0 atom stereocenters. The van der Waals surface area contributed by atoms with Gasteiger partial charge in [-0.2, -0.15) is 5.10 Å². The lowest BCUT2D eigenvalue weighted by atomic mass is 10.1. The van der Waals surface area contributed by atoms with Crippen LogP contribution in [-0.2, 0) is 11.2 Å². The highest BCUT2D eigenvalue weighted by Gasteiger charge is 2.12. The number of nitrogens with one attached hydrogen (secondary N) is 1. The maximum absolute atomic E-state index is 12.0. The van der Waals surface area contributed by atoms with E-state index in [4.69, 9.17) is 27.5 Å². The van der Waals surface area contributed by atoms with Crippen molar-refractivity contribution < 1.29 is 14.3 Å².